The fourth-order valence-corrected chi connectivity index (χ4v) is 0. The Balaban J connectivity index is 3.02. The minimum atomic E-state index is -1.89. The number of hydrogen-bond donors (Lipinski definition) is 3. The first-order valence-corrected chi connectivity index (χ1v) is 3.67. The van der Waals surface area contributed by atoms with Crippen molar-refractivity contribution in [1.82, 2.24) is 0 Å². The molecule has 0 aliphatic heterocycles. The third-order valence-electron chi connectivity index (χ3n) is 0. The molecule has 0 aromatic heterocycles. The SMILES string of the molecule is C[P+](N)(N)N. The quantitative estimate of drug-likeness (QED) is 0.346. The second-order valence-electron chi connectivity index (χ2n) is 1.22. The standard InChI is InChI=1S/CH9N3P/c1-5(2,3)4/h2-4H2,1H3/q+1. The predicted octanol–water partition coefficient (Wildman–Crippen LogP) is -0.745. The summed E-state index contributed by atoms with van der Waals surface area (Å²) in [6.07, 6.45) is 0. The molecule has 4 heteroatoms. The van der Waals surface area contributed by atoms with E-state index in [2.05, 4.69) is 0 Å². The lowest BCUT2D eigenvalue weighted by Crippen LogP contribution is -2.19. The third-order valence-corrected chi connectivity index (χ3v) is 0. The minimum absolute atomic E-state index is 1.63. The van der Waals surface area contributed by atoms with E-state index in [1.807, 2.05) is 0 Å². The maximum absolute atomic E-state index is 5.02. The van der Waals surface area contributed by atoms with E-state index in [9.17, 15) is 0 Å². The number of rotatable bonds is 0. The Morgan fingerprint density at radius 1 is 1.20 bits per heavy atom. The summed E-state index contributed by atoms with van der Waals surface area (Å²) >= 11 is 0. The van der Waals surface area contributed by atoms with Crippen molar-refractivity contribution in [3.05, 3.63) is 0 Å². The van der Waals surface area contributed by atoms with Crippen molar-refractivity contribution in [2.24, 2.45) is 16.5 Å². The van der Waals surface area contributed by atoms with E-state index in [4.69, 9.17) is 16.5 Å². The predicted molar refractivity (Wildman–Crippen MR) is 25.4 cm³/mol. The van der Waals surface area contributed by atoms with Gasteiger partial charge in [0.25, 0.3) is 0 Å². The highest BCUT2D eigenvalue weighted by Crippen LogP contribution is 2.21. The summed E-state index contributed by atoms with van der Waals surface area (Å²) in [4.78, 5) is 0. The van der Waals surface area contributed by atoms with Crippen LogP contribution in [0.25, 0.3) is 0 Å². The molecule has 0 saturated heterocycles. The first-order chi connectivity index (χ1) is 2.00. The molecule has 0 amide bonds. The molecular formula is CH9N3P+. The molecule has 0 heterocycles. The zero-order chi connectivity index (χ0) is 4.50. The van der Waals surface area contributed by atoms with Gasteiger partial charge < -0.3 is 0 Å². The van der Waals surface area contributed by atoms with Crippen LogP contribution in [0.15, 0.2) is 0 Å². The van der Waals surface area contributed by atoms with Crippen molar-refractivity contribution in [2.75, 3.05) is 6.66 Å². The van der Waals surface area contributed by atoms with Crippen molar-refractivity contribution < 1.29 is 0 Å². The normalized spacial score (nSPS) is 12.0. The molecule has 0 aliphatic rings. The average Bonchev–Trinajstić information content (AvgIpc) is 0.722. The Morgan fingerprint density at radius 3 is 1.20 bits per heavy atom. The third kappa shape index (κ3) is 239. The number of nitrogens with two attached hydrogens (primary N) is 3. The molecule has 32 valence electrons. The smallest absolute Gasteiger partial charge is 0.175 e. The maximum atomic E-state index is 5.02. The lowest BCUT2D eigenvalue weighted by atomic mass is 12.0. The first-order valence-electron chi connectivity index (χ1n) is 1.22. The molecule has 3 nitrogen and oxygen atoms in total. The van der Waals surface area contributed by atoms with Crippen molar-refractivity contribution >= 4 is 7.71 Å². The van der Waals surface area contributed by atoms with Crippen LogP contribution in [-0.2, 0) is 0 Å². The van der Waals surface area contributed by atoms with E-state index in [-0.39, 0.29) is 0 Å². The van der Waals surface area contributed by atoms with Crippen molar-refractivity contribution in [3.8, 4) is 0 Å². The highest BCUT2D eigenvalue weighted by molar-refractivity contribution is 7.68. The van der Waals surface area contributed by atoms with Gasteiger partial charge in [0.05, 0.1) is 6.66 Å². The topological polar surface area (TPSA) is 78.1 Å². The van der Waals surface area contributed by atoms with Crippen LogP contribution in [0.2, 0.25) is 0 Å². The Bertz CT molecular complexity index is 22.4. The largest absolute Gasteiger partial charge is 0.208 e. The summed E-state index contributed by atoms with van der Waals surface area (Å²) in [6, 6.07) is 0. The Morgan fingerprint density at radius 2 is 1.20 bits per heavy atom. The zero-order valence-corrected chi connectivity index (χ0v) is 4.07. The molecule has 6 N–H and O–H groups in total. The first kappa shape index (κ1) is 5.31. The van der Waals surface area contributed by atoms with Crippen LogP contribution < -0.4 is 16.5 Å². The van der Waals surface area contributed by atoms with Gasteiger partial charge in [0, 0.05) is 0 Å². The average molecular weight is 94.1 g/mol. The molecule has 0 unspecified atom stereocenters. The maximum Gasteiger partial charge on any atom is 0.208 e. The van der Waals surface area contributed by atoms with Crippen LogP contribution in [0.3, 0.4) is 0 Å². The fraction of sp³-hybridized carbons (Fsp3) is 1.00. The van der Waals surface area contributed by atoms with Crippen molar-refractivity contribution in [1.29, 1.82) is 0 Å². The summed E-state index contributed by atoms with van der Waals surface area (Å²) in [5.41, 5.74) is 15.1. The lowest BCUT2D eigenvalue weighted by molar-refractivity contribution is 1.59. The second-order valence-corrected chi connectivity index (χ2v) is 3.67. The molecule has 0 rings (SSSR count). The van der Waals surface area contributed by atoms with Gasteiger partial charge in [-0.25, -0.2) is 0 Å². The van der Waals surface area contributed by atoms with Gasteiger partial charge in [0.15, 0.2) is 0 Å². The van der Waals surface area contributed by atoms with Gasteiger partial charge >= 0.3 is 0 Å². The summed E-state index contributed by atoms with van der Waals surface area (Å²) < 4.78 is 0. The molecule has 0 bridgehead atoms. The van der Waals surface area contributed by atoms with Gasteiger partial charge in [0.1, 0.15) is 0 Å². The van der Waals surface area contributed by atoms with Gasteiger partial charge in [-0.15, -0.1) is 0 Å². The van der Waals surface area contributed by atoms with Gasteiger partial charge in [0.2, 0.25) is 7.71 Å². The Kier molecular flexibility index (Phi) is 1.26. The van der Waals surface area contributed by atoms with E-state index in [0.29, 0.717) is 0 Å². The van der Waals surface area contributed by atoms with Crippen molar-refractivity contribution in [3.63, 3.8) is 0 Å². The second kappa shape index (κ2) is 1.19. The summed E-state index contributed by atoms with van der Waals surface area (Å²) in [5, 5.41) is 0. The minimum Gasteiger partial charge on any atom is -0.175 e. The number of hydrogen-bond acceptors (Lipinski definition) is 3. The lowest BCUT2D eigenvalue weighted by Gasteiger charge is -1.96. The molecule has 0 spiro atoms. The summed E-state index contributed by atoms with van der Waals surface area (Å²) in [5.74, 6) is 0. The van der Waals surface area contributed by atoms with Gasteiger partial charge in [-0.2, -0.15) is 16.5 Å². The highest BCUT2D eigenvalue weighted by Gasteiger charge is 2.06. The molecule has 0 aromatic carbocycles. The van der Waals surface area contributed by atoms with E-state index in [1.54, 1.807) is 6.66 Å². The van der Waals surface area contributed by atoms with Crippen LogP contribution >= 0.6 is 7.71 Å². The van der Waals surface area contributed by atoms with E-state index >= 15 is 0 Å². The summed E-state index contributed by atoms with van der Waals surface area (Å²) in [7, 11) is -1.89. The fourth-order valence-electron chi connectivity index (χ4n) is 0. The van der Waals surface area contributed by atoms with Crippen LogP contribution in [0, 0.1) is 0 Å². The molecular weight excluding hydrogens is 85.0 g/mol. The van der Waals surface area contributed by atoms with Gasteiger partial charge in [-0.1, -0.05) is 0 Å². The Hall–Kier alpha value is 0.310. The van der Waals surface area contributed by atoms with E-state index < -0.39 is 7.71 Å². The van der Waals surface area contributed by atoms with Crippen LogP contribution in [-0.4, -0.2) is 6.66 Å². The molecule has 0 radical (unpaired) electrons. The zero-order valence-electron chi connectivity index (χ0n) is 3.18. The van der Waals surface area contributed by atoms with Crippen LogP contribution in [0.4, 0.5) is 0 Å². The van der Waals surface area contributed by atoms with E-state index in [0.717, 1.165) is 0 Å². The molecule has 0 aromatic rings. The molecule has 5 heavy (non-hydrogen) atoms. The van der Waals surface area contributed by atoms with Gasteiger partial charge in [-0.05, 0) is 0 Å². The van der Waals surface area contributed by atoms with Crippen LogP contribution in [0.5, 0.6) is 0 Å². The summed E-state index contributed by atoms with van der Waals surface area (Å²) in [6.45, 7) is 1.63. The molecule has 0 fully saturated rings. The van der Waals surface area contributed by atoms with Crippen LogP contribution in [0.1, 0.15) is 0 Å². The monoisotopic (exact) mass is 94.1 g/mol. The Labute approximate surface area is 32.0 Å². The molecule has 0 aliphatic carbocycles. The van der Waals surface area contributed by atoms with Gasteiger partial charge in [-0.3, -0.25) is 0 Å². The molecule has 0 saturated carbocycles. The highest BCUT2D eigenvalue weighted by atomic mass is 31.2. The van der Waals surface area contributed by atoms with Crippen molar-refractivity contribution in [2.45, 2.75) is 0 Å². The van der Waals surface area contributed by atoms with E-state index in [1.165, 1.54) is 0 Å². The molecule has 0 atom stereocenters.